The fraction of sp³-hybridized carbons (Fsp3) is 0.417. The van der Waals surface area contributed by atoms with Crippen LogP contribution in [-0.2, 0) is 26.1 Å². The van der Waals surface area contributed by atoms with Crippen LogP contribution >= 0.6 is 11.3 Å². The largest absolute Gasteiger partial charge is 0.383 e. The number of fused-ring (bicyclic) bond motifs is 1. The summed E-state index contributed by atoms with van der Waals surface area (Å²) in [5.41, 5.74) is 4.25. The number of carbonyl (C=O) groups is 1. The molecule has 7 nitrogen and oxygen atoms in total. The molecule has 33 heavy (non-hydrogen) atoms. The molecule has 1 fully saturated rings. The van der Waals surface area contributed by atoms with Gasteiger partial charge in [0.1, 0.15) is 6.04 Å². The lowest BCUT2D eigenvalue weighted by Crippen LogP contribution is -2.40. The minimum atomic E-state index is -3.77. The van der Waals surface area contributed by atoms with E-state index in [-0.39, 0.29) is 4.90 Å². The van der Waals surface area contributed by atoms with Gasteiger partial charge in [-0.3, -0.25) is 4.79 Å². The third-order valence-corrected chi connectivity index (χ3v) is 9.11. The number of methoxy groups -OCH3 is 1. The molecule has 0 bridgehead atoms. The zero-order valence-electron chi connectivity index (χ0n) is 19.4. The van der Waals surface area contributed by atoms with Crippen LogP contribution in [0.25, 0.3) is 10.2 Å². The van der Waals surface area contributed by atoms with Gasteiger partial charge in [0.15, 0.2) is 4.80 Å². The summed E-state index contributed by atoms with van der Waals surface area (Å²) in [4.78, 5) is 18.5. The van der Waals surface area contributed by atoms with Gasteiger partial charge in [0.25, 0.3) is 5.91 Å². The molecule has 0 aliphatic carbocycles. The molecular weight excluding hydrogens is 458 g/mol. The van der Waals surface area contributed by atoms with Crippen molar-refractivity contribution in [2.75, 3.05) is 20.3 Å². The van der Waals surface area contributed by atoms with Gasteiger partial charge < -0.3 is 9.30 Å². The fourth-order valence-corrected chi connectivity index (χ4v) is 7.05. The van der Waals surface area contributed by atoms with Crippen LogP contribution in [0.1, 0.15) is 29.5 Å². The molecule has 0 radical (unpaired) electrons. The maximum atomic E-state index is 13.3. The first kappa shape index (κ1) is 23.8. The Morgan fingerprint density at radius 2 is 1.88 bits per heavy atom. The van der Waals surface area contributed by atoms with Crippen LogP contribution in [0.15, 0.2) is 46.3 Å². The highest BCUT2D eigenvalue weighted by Gasteiger charge is 2.39. The van der Waals surface area contributed by atoms with Crippen LogP contribution in [0.5, 0.6) is 0 Å². The van der Waals surface area contributed by atoms with Crippen LogP contribution in [0.2, 0.25) is 0 Å². The van der Waals surface area contributed by atoms with E-state index < -0.39 is 22.0 Å². The Bertz CT molecular complexity index is 1350. The predicted molar refractivity (Wildman–Crippen MR) is 130 cm³/mol. The molecule has 9 heteroatoms. The third-order valence-electron chi connectivity index (χ3n) is 5.96. The third kappa shape index (κ3) is 4.68. The molecule has 0 N–H and O–H groups in total. The normalized spacial score (nSPS) is 17.8. The Hall–Kier alpha value is -2.33. The number of rotatable bonds is 6. The summed E-state index contributed by atoms with van der Waals surface area (Å²) in [6.07, 6.45) is 1.10. The molecule has 0 spiro atoms. The van der Waals surface area contributed by atoms with Crippen LogP contribution in [-0.4, -0.2) is 49.5 Å². The number of hydrogen-bond donors (Lipinski definition) is 0. The Morgan fingerprint density at radius 3 is 2.58 bits per heavy atom. The Balaban J connectivity index is 1.74. The van der Waals surface area contributed by atoms with E-state index in [1.165, 1.54) is 15.6 Å². The fourth-order valence-electron chi connectivity index (χ4n) is 4.29. The smallest absolute Gasteiger partial charge is 0.266 e. The van der Waals surface area contributed by atoms with Gasteiger partial charge in [0.05, 0.1) is 21.7 Å². The van der Waals surface area contributed by atoms with Gasteiger partial charge in [-0.05, 0) is 62.9 Å². The number of thiazole rings is 1. The molecule has 1 saturated heterocycles. The average Bonchev–Trinajstić information content (AvgIpc) is 3.39. The minimum absolute atomic E-state index is 0.205. The number of carbonyl (C=O) groups excluding carboxylic acids is 1. The molecule has 3 aromatic rings. The van der Waals surface area contributed by atoms with Crippen LogP contribution in [0.4, 0.5) is 0 Å². The van der Waals surface area contributed by atoms with Crippen LogP contribution in [0, 0.1) is 20.8 Å². The first-order chi connectivity index (χ1) is 15.7. The number of sulfonamides is 1. The predicted octanol–water partition coefficient (Wildman–Crippen LogP) is 3.56. The number of aryl methyl sites for hydroxylation is 3. The Labute approximate surface area is 198 Å². The lowest BCUT2D eigenvalue weighted by molar-refractivity contribution is -0.121. The molecule has 1 unspecified atom stereocenters. The molecule has 1 aromatic heterocycles. The molecule has 1 aliphatic rings. The van der Waals surface area contributed by atoms with E-state index >= 15 is 0 Å². The van der Waals surface area contributed by atoms with Crippen molar-refractivity contribution in [3.63, 3.8) is 0 Å². The summed E-state index contributed by atoms with van der Waals surface area (Å²) in [6, 6.07) is 10.1. The summed E-state index contributed by atoms with van der Waals surface area (Å²) in [6.45, 7) is 7.35. The highest BCUT2D eigenvalue weighted by Crippen LogP contribution is 2.28. The summed E-state index contributed by atoms with van der Waals surface area (Å²) >= 11 is 1.46. The number of nitrogens with zero attached hydrogens (tertiary/aromatic N) is 3. The second kappa shape index (κ2) is 9.50. The molecule has 4 rings (SSSR count). The van der Waals surface area contributed by atoms with Crippen molar-refractivity contribution in [2.45, 2.75) is 51.1 Å². The summed E-state index contributed by atoms with van der Waals surface area (Å²) in [5.74, 6) is -0.421. The highest BCUT2D eigenvalue weighted by atomic mass is 32.2. The number of aromatic nitrogens is 1. The number of benzene rings is 2. The van der Waals surface area contributed by atoms with Gasteiger partial charge in [-0.15, -0.1) is 0 Å². The van der Waals surface area contributed by atoms with Gasteiger partial charge in [0, 0.05) is 20.2 Å². The molecule has 0 saturated carbocycles. The van der Waals surface area contributed by atoms with Crippen molar-refractivity contribution < 1.29 is 17.9 Å². The maximum absolute atomic E-state index is 13.3. The summed E-state index contributed by atoms with van der Waals surface area (Å²) < 4.78 is 36.2. The number of hydrogen-bond acceptors (Lipinski definition) is 5. The maximum Gasteiger partial charge on any atom is 0.266 e. The zero-order chi connectivity index (χ0) is 23.8. The van der Waals surface area contributed by atoms with Crippen molar-refractivity contribution in [1.82, 2.24) is 8.87 Å². The average molecular weight is 488 g/mol. The first-order valence-electron chi connectivity index (χ1n) is 11.0. The van der Waals surface area contributed by atoms with Crippen molar-refractivity contribution >= 4 is 37.5 Å². The SMILES string of the molecule is COCCn1c(=NC(=O)C2CCCN2S(=O)(=O)c2ccc(C)cc2)sc2c(C)cc(C)cc21. The number of ether oxygens (including phenoxy) is 1. The quantitative estimate of drug-likeness (QED) is 0.533. The molecule has 1 atom stereocenters. The molecule has 2 heterocycles. The standard InChI is InChI=1S/C24H29N3O4S2/c1-16-7-9-19(10-8-16)33(29,30)27-11-5-6-20(27)23(28)25-24-26(12-13-31-4)21-15-17(2)14-18(3)22(21)32-24/h7-10,14-15,20H,5-6,11-13H2,1-4H3. The van der Waals surface area contributed by atoms with E-state index in [0.29, 0.717) is 37.3 Å². The van der Waals surface area contributed by atoms with E-state index in [0.717, 1.165) is 26.9 Å². The molecule has 1 aliphatic heterocycles. The molecule has 176 valence electrons. The monoisotopic (exact) mass is 487 g/mol. The van der Waals surface area contributed by atoms with Crippen molar-refractivity contribution in [3.8, 4) is 0 Å². The zero-order valence-corrected chi connectivity index (χ0v) is 21.0. The van der Waals surface area contributed by atoms with Gasteiger partial charge in [-0.1, -0.05) is 35.1 Å². The minimum Gasteiger partial charge on any atom is -0.383 e. The summed E-state index contributed by atoms with van der Waals surface area (Å²) in [7, 11) is -2.14. The molecule has 1 amide bonds. The van der Waals surface area contributed by atoms with Crippen LogP contribution < -0.4 is 4.80 Å². The van der Waals surface area contributed by atoms with Crippen molar-refractivity contribution in [1.29, 1.82) is 0 Å². The first-order valence-corrected chi connectivity index (χ1v) is 13.2. The van der Waals surface area contributed by atoms with Crippen molar-refractivity contribution in [3.05, 3.63) is 57.9 Å². The molecule has 2 aromatic carbocycles. The Kier molecular flexibility index (Phi) is 6.86. The van der Waals surface area contributed by atoms with E-state index in [4.69, 9.17) is 4.74 Å². The van der Waals surface area contributed by atoms with E-state index in [9.17, 15) is 13.2 Å². The van der Waals surface area contributed by atoms with E-state index in [1.54, 1.807) is 31.4 Å². The van der Waals surface area contributed by atoms with Gasteiger partial charge in [-0.2, -0.15) is 9.30 Å². The lowest BCUT2D eigenvalue weighted by Gasteiger charge is -2.21. The van der Waals surface area contributed by atoms with E-state index in [1.807, 2.05) is 25.3 Å². The molecular formula is C24H29N3O4S2. The number of amides is 1. The second-order valence-electron chi connectivity index (χ2n) is 8.50. The van der Waals surface area contributed by atoms with Gasteiger partial charge in [0.2, 0.25) is 10.0 Å². The highest BCUT2D eigenvalue weighted by molar-refractivity contribution is 7.89. The van der Waals surface area contributed by atoms with Crippen molar-refractivity contribution in [2.24, 2.45) is 4.99 Å². The second-order valence-corrected chi connectivity index (χ2v) is 11.4. The summed E-state index contributed by atoms with van der Waals surface area (Å²) in [5, 5.41) is 0. The van der Waals surface area contributed by atoms with Gasteiger partial charge in [-0.25, -0.2) is 8.42 Å². The van der Waals surface area contributed by atoms with Gasteiger partial charge >= 0.3 is 0 Å². The van der Waals surface area contributed by atoms with E-state index in [2.05, 4.69) is 17.1 Å². The topological polar surface area (TPSA) is 81.0 Å². The Morgan fingerprint density at radius 1 is 1.15 bits per heavy atom. The lowest BCUT2D eigenvalue weighted by atomic mass is 10.1. The van der Waals surface area contributed by atoms with Crippen LogP contribution in [0.3, 0.4) is 0 Å².